The van der Waals surface area contributed by atoms with Crippen molar-refractivity contribution < 1.29 is 18.7 Å². The van der Waals surface area contributed by atoms with Gasteiger partial charge >= 0.3 is 0 Å². The van der Waals surface area contributed by atoms with E-state index in [4.69, 9.17) is 9.47 Å². The number of methoxy groups -OCH3 is 1. The first-order valence-corrected chi connectivity index (χ1v) is 10.1. The van der Waals surface area contributed by atoms with Gasteiger partial charge in [-0.25, -0.2) is 4.39 Å². The van der Waals surface area contributed by atoms with Crippen LogP contribution in [0.3, 0.4) is 0 Å². The van der Waals surface area contributed by atoms with Crippen molar-refractivity contribution in [2.24, 2.45) is 0 Å². The van der Waals surface area contributed by atoms with E-state index in [0.29, 0.717) is 31.6 Å². The standard InChI is InChI=1S/C24H23FN2O4/c1-30-17-8-6-16(7-9-17)21-11-10-19(23(28)26-21)24(29)27-14-12-18(13-15-27)31-22-5-3-2-4-20(22)25/h2-11,18H,12-15H2,1H3,(H,26,28). The number of aromatic amines is 1. The maximum absolute atomic E-state index is 13.8. The summed E-state index contributed by atoms with van der Waals surface area (Å²) in [7, 11) is 1.59. The number of aromatic nitrogens is 1. The summed E-state index contributed by atoms with van der Waals surface area (Å²) in [6, 6.07) is 16.9. The molecule has 1 aromatic heterocycles. The number of hydrogen-bond donors (Lipinski definition) is 1. The van der Waals surface area contributed by atoms with Crippen LogP contribution in [0.5, 0.6) is 11.5 Å². The zero-order valence-corrected chi connectivity index (χ0v) is 17.1. The second-order valence-corrected chi connectivity index (χ2v) is 7.38. The predicted molar refractivity (Wildman–Crippen MR) is 115 cm³/mol. The SMILES string of the molecule is COc1ccc(-c2ccc(C(=O)N3CCC(Oc4ccccc4F)CC3)c(=O)[nH]2)cc1. The normalized spacial score (nSPS) is 14.3. The molecular weight excluding hydrogens is 399 g/mol. The first-order chi connectivity index (χ1) is 15.0. The number of pyridine rings is 1. The Morgan fingerprint density at radius 3 is 2.39 bits per heavy atom. The fourth-order valence-electron chi connectivity index (χ4n) is 3.65. The van der Waals surface area contributed by atoms with Gasteiger partial charge in [-0.05, 0) is 54.1 Å². The van der Waals surface area contributed by atoms with Crippen molar-refractivity contribution in [3.8, 4) is 22.8 Å². The molecule has 1 saturated heterocycles. The molecule has 3 aromatic rings. The lowest BCUT2D eigenvalue weighted by atomic mass is 10.1. The largest absolute Gasteiger partial charge is 0.497 e. The Morgan fingerprint density at radius 2 is 1.74 bits per heavy atom. The van der Waals surface area contributed by atoms with E-state index >= 15 is 0 Å². The third-order valence-electron chi connectivity index (χ3n) is 5.40. The molecule has 2 aromatic carbocycles. The van der Waals surface area contributed by atoms with Gasteiger partial charge in [0, 0.05) is 31.6 Å². The summed E-state index contributed by atoms with van der Waals surface area (Å²) in [5.41, 5.74) is 1.12. The highest BCUT2D eigenvalue weighted by Crippen LogP contribution is 2.23. The molecular formula is C24H23FN2O4. The molecule has 1 N–H and O–H groups in total. The van der Waals surface area contributed by atoms with Gasteiger partial charge in [-0.1, -0.05) is 12.1 Å². The Kier molecular flexibility index (Phi) is 6.02. The lowest BCUT2D eigenvalue weighted by molar-refractivity contribution is 0.0587. The smallest absolute Gasteiger partial charge is 0.261 e. The third-order valence-corrected chi connectivity index (χ3v) is 5.40. The maximum Gasteiger partial charge on any atom is 0.261 e. The number of carbonyl (C=O) groups excluding carboxylic acids is 1. The Hall–Kier alpha value is -3.61. The highest BCUT2D eigenvalue weighted by Gasteiger charge is 2.26. The van der Waals surface area contributed by atoms with Crippen molar-refractivity contribution >= 4 is 5.91 Å². The van der Waals surface area contributed by atoms with Crippen LogP contribution in [0.2, 0.25) is 0 Å². The number of rotatable bonds is 5. The number of carbonyl (C=O) groups is 1. The molecule has 0 spiro atoms. The molecule has 1 aliphatic heterocycles. The summed E-state index contributed by atoms with van der Waals surface area (Å²) >= 11 is 0. The van der Waals surface area contributed by atoms with Gasteiger partial charge in [0.25, 0.3) is 11.5 Å². The van der Waals surface area contributed by atoms with E-state index < -0.39 is 11.4 Å². The van der Waals surface area contributed by atoms with E-state index in [2.05, 4.69) is 4.98 Å². The second-order valence-electron chi connectivity index (χ2n) is 7.38. The number of para-hydroxylation sites is 1. The van der Waals surface area contributed by atoms with Crippen molar-refractivity contribution in [1.29, 1.82) is 0 Å². The molecule has 4 rings (SSSR count). The van der Waals surface area contributed by atoms with Gasteiger partial charge in [0.15, 0.2) is 11.6 Å². The second kappa shape index (κ2) is 9.04. The van der Waals surface area contributed by atoms with Crippen LogP contribution in [0.25, 0.3) is 11.3 Å². The highest BCUT2D eigenvalue weighted by molar-refractivity contribution is 5.94. The van der Waals surface area contributed by atoms with E-state index in [-0.39, 0.29) is 23.3 Å². The molecule has 0 unspecified atom stereocenters. The number of nitrogens with zero attached hydrogens (tertiary/aromatic N) is 1. The van der Waals surface area contributed by atoms with Crippen molar-refractivity contribution in [3.05, 3.63) is 82.4 Å². The van der Waals surface area contributed by atoms with Gasteiger partial charge in [-0.2, -0.15) is 0 Å². The van der Waals surface area contributed by atoms with Gasteiger partial charge in [-0.3, -0.25) is 9.59 Å². The van der Waals surface area contributed by atoms with Gasteiger partial charge in [-0.15, -0.1) is 0 Å². The average molecular weight is 422 g/mol. The highest BCUT2D eigenvalue weighted by atomic mass is 19.1. The quantitative estimate of drug-likeness (QED) is 0.678. The van der Waals surface area contributed by atoms with Gasteiger partial charge < -0.3 is 19.4 Å². The summed E-state index contributed by atoms with van der Waals surface area (Å²) in [5.74, 6) is 0.231. The molecule has 6 nitrogen and oxygen atoms in total. The van der Waals surface area contributed by atoms with E-state index in [1.165, 1.54) is 6.07 Å². The molecule has 1 aliphatic rings. The lowest BCUT2D eigenvalue weighted by Gasteiger charge is -2.32. The zero-order valence-electron chi connectivity index (χ0n) is 17.1. The number of likely N-dealkylation sites (tertiary alicyclic amines) is 1. The molecule has 0 radical (unpaired) electrons. The molecule has 0 aliphatic carbocycles. The van der Waals surface area contributed by atoms with Crippen molar-refractivity contribution in [2.75, 3.05) is 20.2 Å². The van der Waals surface area contributed by atoms with Crippen LogP contribution in [-0.2, 0) is 0 Å². The Bertz CT molecular complexity index is 1120. The lowest BCUT2D eigenvalue weighted by Crippen LogP contribution is -2.43. The number of benzene rings is 2. The van der Waals surface area contributed by atoms with Crippen LogP contribution in [0.1, 0.15) is 23.2 Å². The number of H-pyrrole nitrogens is 1. The van der Waals surface area contributed by atoms with Gasteiger partial charge in [0.2, 0.25) is 0 Å². The molecule has 31 heavy (non-hydrogen) atoms. The van der Waals surface area contributed by atoms with Crippen LogP contribution in [0.4, 0.5) is 4.39 Å². The topological polar surface area (TPSA) is 71.6 Å². The number of piperidine rings is 1. The summed E-state index contributed by atoms with van der Waals surface area (Å²) in [5, 5.41) is 0. The molecule has 2 heterocycles. The third kappa shape index (κ3) is 4.60. The molecule has 0 saturated carbocycles. The summed E-state index contributed by atoms with van der Waals surface area (Å²) in [6.45, 7) is 0.884. The zero-order chi connectivity index (χ0) is 21.8. The first-order valence-electron chi connectivity index (χ1n) is 10.1. The van der Waals surface area contributed by atoms with Crippen molar-refractivity contribution in [3.63, 3.8) is 0 Å². The number of halogens is 1. The van der Waals surface area contributed by atoms with E-state index in [1.807, 2.05) is 12.1 Å². The Labute approximate surface area is 179 Å². The number of nitrogens with one attached hydrogen (secondary N) is 1. The number of amides is 1. The fraction of sp³-hybridized carbons (Fsp3) is 0.250. The fourth-order valence-corrected chi connectivity index (χ4v) is 3.65. The summed E-state index contributed by atoms with van der Waals surface area (Å²) in [4.78, 5) is 29.9. The average Bonchev–Trinajstić information content (AvgIpc) is 2.80. The van der Waals surface area contributed by atoms with Crippen LogP contribution in [-0.4, -0.2) is 42.1 Å². The molecule has 1 fully saturated rings. The van der Waals surface area contributed by atoms with Gasteiger partial charge in [0.1, 0.15) is 17.4 Å². The predicted octanol–water partition coefficient (Wildman–Crippen LogP) is 3.87. The Balaban J connectivity index is 1.40. The van der Waals surface area contributed by atoms with Crippen LogP contribution in [0.15, 0.2) is 65.5 Å². The van der Waals surface area contributed by atoms with E-state index in [0.717, 1.165) is 11.3 Å². The minimum absolute atomic E-state index is 0.103. The monoisotopic (exact) mass is 422 g/mol. The summed E-state index contributed by atoms with van der Waals surface area (Å²) in [6.07, 6.45) is 0.973. The first kappa shape index (κ1) is 20.7. The van der Waals surface area contributed by atoms with Crippen molar-refractivity contribution in [2.45, 2.75) is 18.9 Å². The van der Waals surface area contributed by atoms with Crippen LogP contribution < -0.4 is 15.0 Å². The molecule has 160 valence electrons. The summed E-state index contributed by atoms with van der Waals surface area (Å²) < 4.78 is 24.7. The van der Waals surface area contributed by atoms with Crippen LogP contribution in [0, 0.1) is 5.82 Å². The minimum Gasteiger partial charge on any atom is -0.497 e. The van der Waals surface area contributed by atoms with Gasteiger partial charge in [0.05, 0.1) is 7.11 Å². The molecule has 0 bridgehead atoms. The Morgan fingerprint density at radius 1 is 1.03 bits per heavy atom. The van der Waals surface area contributed by atoms with Crippen molar-refractivity contribution in [1.82, 2.24) is 9.88 Å². The number of hydrogen-bond acceptors (Lipinski definition) is 4. The van der Waals surface area contributed by atoms with E-state index in [1.54, 1.807) is 54.5 Å². The minimum atomic E-state index is -0.428. The van der Waals surface area contributed by atoms with Crippen LogP contribution >= 0.6 is 0 Å². The maximum atomic E-state index is 13.8. The molecule has 7 heteroatoms. The molecule has 1 amide bonds. The molecule has 0 atom stereocenters. The van der Waals surface area contributed by atoms with E-state index in [9.17, 15) is 14.0 Å². The number of ether oxygens (including phenoxy) is 2.